The van der Waals surface area contributed by atoms with Gasteiger partial charge in [0.15, 0.2) is 6.61 Å². The first-order valence-electron chi connectivity index (χ1n) is 8.72. The number of methoxy groups -OCH3 is 2. The number of benzene rings is 1. The summed E-state index contributed by atoms with van der Waals surface area (Å²) in [6.45, 7) is 0.306. The second-order valence-electron chi connectivity index (χ2n) is 6.17. The lowest BCUT2D eigenvalue weighted by Gasteiger charge is -2.26. The van der Waals surface area contributed by atoms with Crippen LogP contribution >= 0.6 is 0 Å². The van der Waals surface area contributed by atoms with Gasteiger partial charge in [0.2, 0.25) is 0 Å². The average molecular weight is 370 g/mol. The average Bonchev–Trinajstić information content (AvgIpc) is 3.21. The normalized spacial score (nSPS) is 16.1. The summed E-state index contributed by atoms with van der Waals surface area (Å²) in [5.41, 5.74) is 1.26. The molecule has 7 heteroatoms. The Bertz CT molecular complexity index is 809. The highest BCUT2D eigenvalue weighted by molar-refractivity contribution is 5.91. The van der Waals surface area contributed by atoms with Crippen LogP contribution in [0.2, 0.25) is 0 Å². The zero-order valence-corrected chi connectivity index (χ0v) is 15.4. The van der Waals surface area contributed by atoms with Crippen LogP contribution in [0.5, 0.6) is 11.5 Å². The molecule has 1 aromatic carbocycles. The molecule has 0 bridgehead atoms. The molecule has 0 saturated carbocycles. The van der Waals surface area contributed by atoms with Crippen molar-refractivity contribution in [1.29, 1.82) is 0 Å². The first-order chi connectivity index (χ1) is 13.1. The second kappa shape index (κ2) is 8.53. The van der Waals surface area contributed by atoms with Crippen molar-refractivity contribution < 1.29 is 23.8 Å². The quantitative estimate of drug-likeness (QED) is 0.728. The Labute approximate surface area is 157 Å². The number of ether oxygens (including phenoxy) is 3. The molecule has 142 valence electrons. The second-order valence-corrected chi connectivity index (χ2v) is 6.17. The summed E-state index contributed by atoms with van der Waals surface area (Å²) in [5, 5.41) is 0. The SMILES string of the molecule is COc1ccc(OC)c([C@@H]2CCCN2C(=O)COC(=O)c2ccncc2)c1. The fourth-order valence-corrected chi connectivity index (χ4v) is 3.27. The molecule has 1 aromatic heterocycles. The van der Waals surface area contributed by atoms with E-state index in [0.29, 0.717) is 23.6 Å². The molecule has 2 heterocycles. The predicted molar refractivity (Wildman–Crippen MR) is 97.8 cm³/mol. The minimum Gasteiger partial charge on any atom is -0.497 e. The molecular weight excluding hydrogens is 348 g/mol. The Morgan fingerprint density at radius 3 is 2.63 bits per heavy atom. The van der Waals surface area contributed by atoms with Crippen LogP contribution in [-0.2, 0) is 9.53 Å². The third kappa shape index (κ3) is 4.19. The Hall–Kier alpha value is -3.09. The summed E-state index contributed by atoms with van der Waals surface area (Å²) in [5.74, 6) is 0.633. The molecule has 2 aromatic rings. The molecule has 1 aliphatic rings. The lowest BCUT2D eigenvalue weighted by Crippen LogP contribution is -2.34. The highest BCUT2D eigenvalue weighted by atomic mass is 16.5. The van der Waals surface area contributed by atoms with Crippen molar-refractivity contribution in [3.05, 3.63) is 53.9 Å². The fraction of sp³-hybridized carbons (Fsp3) is 0.350. The summed E-state index contributed by atoms with van der Waals surface area (Å²) in [7, 11) is 3.20. The molecule has 0 unspecified atom stereocenters. The van der Waals surface area contributed by atoms with Gasteiger partial charge in [0.1, 0.15) is 11.5 Å². The smallest absolute Gasteiger partial charge is 0.338 e. The summed E-state index contributed by atoms with van der Waals surface area (Å²) < 4.78 is 15.9. The maximum absolute atomic E-state index is 12.7. The third-order valence-electron chi connectivity index (χ3n) is 4.61. The van der Waals surface area contributed by atoms with Gasteiger partial charge in [0.25, 0.3) is 5.91 Å². The van der Waals surface area contributed by atoms with Gasteiger partial charge in [0, 0.05) is 24.5 Å². The topological polar surface area (TPSA) is 78.0 Å². The third-order valence-corrected chi connectivity index (χ3v) is 4.61. The van der Waals surface area contributed by atoms with E-state index in [4.69, 9.17) is 14.2 Å². The van der Waals surface area contributed by atoms with E-state index in [1.54, 1.807) is 31.3 Å². The zero-order valence-electron chi connectivity index (χ0n) is 15.4. The number of carbonyl (C=O) groups is 2. The molecule has 0 aliphatic carbocycles. The van der Waals surface area contributed by atoms with E-state index in [-0.39, 0.29) is 18.6 Å². The lowest BCUT2D eigenvalue weighted by atomic mass is 10.0. The Morgan fingerprint density at radius 2 is 1.93 bits per heavy atom. The number of hydrogen-bond acceptors (Lipinski definition) is 6. The number of esters is 1. The van der Waals surface area contributed by atoms with Gasteiger partial charge in [-0.2, -0.15) is 0 Å². The van der Waals surface area contributed by atoms with Crippen molar-refractivity contribution in [2.75, 3.05) is 27.4 Å². The number of aromatic nitrogens is 1. The van der Waals surface area contributed by atoms with Crippen LogP contribution in [0.1, 0.15) is 34.8 Å². The van der Waals surface area contributed by atoms with E-state index in [0.717, 1.165) is 18.4 Å². The molecule has 0 N–H and O–H groups in total. The lowest BCUT2D eigenvalue weighted by molar-refractivity contribution is -0.135. The number of hydrogen-bond donors (Lipinski definition) is 0. The van der Waals surface area contributed by atoms with Crippen molar-refractivity contribution in [2.45, 2.75) is 18.9 Å². The van der Waals surface area contributed by atoms with E-state index in [2.05, 4.69) is 4.98 Å². The van der Waals surface area contributed by atoms with Crippen molar-refractivity contribution >= 4 is 11.9 Å². The molecule has 0 spiro atoms. The Kier molecular flexibility index (Phi) is 5.90. The van der Waals surface area contributed by atoms with Gasteiger partial charge in [-0.05, 0) is 43.2 Å². The number of nitrogens with zero attached hydrogens (tertiary/aromatic N) is 2. The van der Waals surface area contributed by atoms with Crippen LogP contribution in [0, 0.1) is 0 Å². The number of likely N-dealkylation sites (tertiary alicyclic amines) is 1. The van der Waals surface area contributed by atoms with E-state index in [9.17, 15) is 9.59 Å². The van der Waals surface area contributed by atoms with Gasteiger partial charge in [-0.1, -0.05) is 0 Å². The first-order valence-corrected chi connectivity index (χ1v) is 8.72. The highest BCUT2D eigenvalue weighted by Crippen LogP contribution is 2.38. The van der Waals surface area contributed by atoms with Crippen LogP contribution < -0.4 is 9.47 Å². The van der Waals surface area contributed by atoms with E-state index in [1.807, 2.05) is 18.2 Å². The van der Waals surface area contributed by atoms with E-state index >= 15 is 0 Å². The largest absolute Gasteiger partial charge is 0.497 e. The first kappa shape index (κ1) is 18.7. The summed E-state index contributed by atoms with van der Waals surface area (Å²) in [6.07, 6.45) is 4.69. The van der Waals surface area contributed by atoms with E-state index in [1.165, 1.54) is 12.4 Å². The summed E-state index contributed by atoms with van der Waals surface area (Å²) >= 11 is 0. The monoisotopic (exact) mass is 370 g/mol. The molecule has 7 nitrogen and oxygen atoms in total. The predicted octanol–water partition coefficient (Wildman–Crippen LogP) is 2.62. The molecule has 0 radical (unpaired) electrons. The molecule has 3 rings (SSSR count). The van der Waals surface area contributed by atoms with Gasteiger partial charge in [-0.25, -0.2) is 4.79 Å². The molecule has 1 atom stereocenters. The molecule has 1 fully saturated rings. The molecule has 27 heavy (non-hydrogen) atoms. The number of rotatable bonds is 6. The van der Waals surface area contributed by atoms with Crippen LogP contribution in [0.3, 0.4) is 0 Å². The standard InChI is InChI=1S/C20H22N2O5/c1-25-15-5-6-18(26-2)16(12-15)17-4-3-11-22(17)19(23)13-27-20(24)14-7-9-21-10-8-14/h5-10,12,17H,3-4,11,13H2,1-2H3/t17-/m0/s1. The van der Waals surface area contributed by atoms with Gasteiger partial charge in [0.05, 0.1) is 25.8 Å². The van der Waals surface area contributed by atoms with Gasteiger partial charge in [-0.15, -0.1) is 0 Å². The Morgan fingerprint density at radius 1 is 1.15 bits per heavy atom. The minimum atomic E-state index is -0.541. The maximum atomic E-state index is 12.7. The van der Waals surface area contributed by atoms with Gasteiger partial charge < -0.3 is 19.1 Å². The summed E-state index contributed by atoms with van der Waals surface area (Å²) in [6, 6.07) is 8.50. The van der Waals surface area contributed by atoms with Crippen LogP contribution in [0.25, 0.3) is 0 Å². The maximum Gasteiger partial charge on any atom is 0.338 e. The molecule has 1 saturated heterocycles. The summed E-state index contributed by atoms with van der Waals surface area (Å²) in [4.78, 5) is 30.3. The van der Waals surface area contributed by atoms with Gasteiger partial charge >= 0.3 is 5.97 Å². The highest BCUT2D eigenvalue weighted by Gasteiger charge is 2.32. The van der Waals surface area contributed by atoms with Crippen molar-refractivity contribution in [2.24, 2.45) is 0 Å². The number of amides is 1. The van der Waals surface area contributed by atoms with Crippen molar-refractivity contribution in [1.82, 2.24) is 9.88 Å². The molecule has 1 amide bonds. The number of pyridine rings is 1. The van der Waals surface area contributed by atoms with Crippen molar-refractivity contribution in [3.8, 4) is 11.5 Å². The van der Waals surface area contributed by atoms with Crippen LogP contribution in [0.15, 0.2) is 42.7 Å². The van der Waals surface area contributed by atoms with E-state index < -0.39 is 5.97 Å². The molecule has 1 aliphatic heterocycles. The Balaban J connectivity index is 1.71. The van der Waals surface area contributed by atoms with Crippen molar-refractivity contribution in [3.63, 3.8) is 0 Å². The fourth-order valence-electron chi connectivity index (χ4n) is 3.27. The minimum absolute atomic E-state index is 0.137. The van der Waals surface area contributed by atoms with Crippen LogP contribution in [-0.4, -0.2) is 49.1 Å². The van der Waals surface area contributed by atoms with Crippen LogP contribution in [0.4, 0.5) is 0 Å². The zero-order chi connectivity index (χ0) is 19.2. The number of carbonyl (C=O) groups excluding carboxylic acids is 2. The molecular formula is C20H22N2O5. The van der Waals surface area contributed by atoms with Gasteiger partial charge in [-0.3, -0.25) is 9.78 Å².